The van der Waals surface area contributed by atoms with Gasteiger partial charge < -0.3 is 13.9 Å². The lowest BCUT2D eigenvalue weighted by atomic mass is 10.0. The summed E-state index contributed by atoms with van der Waals surface area (Å²) in [5.74, 6) is 2.08. The van der Waals surface area contributed by atoms with Gasteiger partial charge in [-0.05, 0) is 25.0 Å². The van der Waals surface area contributed by atoms with E-state index >= 15 is 0 Å². The third-order valence-electron chi connectivity index (χ3n) is 4.22. The first-order valence-corrected chi connectivity index (χ1v) is 7.92. The Morgan fingerprint density at radius 1 is 1.30 bits per heavy atom. The minimum Gasteiger partial charge on any atom is -0.496 e. The molecule has 0 aliphatic carbocycles. The van der Waals surface area contributed by atoms with Crippen molar-refractivity contribution in [1.29, 1.82) is 0 Å². The third-order valence-corrected chi connectivity index (χ3v) is 4.22. The van der Waals surface area contributed by atoms with E-state index in [-0.39, 0.29) is 6.10 Å². The SMILES string of the molecule is COc1ccccc1CC(C)N1CC(OCc2nnc(C)o2)C1. The van der Waals surface area contributed by atoms with Gasteiger partial charge in [-0.25, -0.2) is 0 Å². The molecule has 124 valence electrons. The van der Waals surface area contributed by atoms with Gasteiger partial charge in [0.2, 0.25) is 11.8 Å². The number of benzene rings is 1. The molecule has 6 nitrogen and oxygen atoms in total. The van der Waals surface area contributed by atoms with Crippen LogP contribution >= 0.6 is 0 Å². The average molecular weight is 317 g/mol. The van der Waals surface area contributed by atoms with E-state index in [9.17, 15) is 0 Å². The molecule has 0 N–H and O–H groups in total. The largest absolute Gasteiger partial charge is 0.496 e. The number of methoxy groups -OCH3 is 1. The highest BCUT2D eigenvalue weighted by molar-refractivity contribution is 5.33. The second kappa shape index (κ2) is 7.10. The molecule has 1 unspecified atom stereocenters. The van der Waals surface area contributed by atoms with E-state index < -0.39 is 0 Å². The number of para-hydroxylation sites is 1. The van der Waals surface area contributed by atoms with Gasteiger partial charge in [0.05, 0.1) is 13.2 Å². The molecular formula is C17H23N3O3. The maximum atomic E-state index is 5.79. The first kappa shape index (κ1) is 16.0. The Balaban J connectivity index is 1.43. The zero-order chi connectivity index (χ0) is 16.2. The minimum atomic E-state index is 0.238. The van der Waals surface area contributed by atoms with Crippen LogP contribution in [-0.4, -0.2) is 47.4 Å². The molecular weight excluding hydrogens is 294 g/mol. The standard InChI is InChI=1S/C17H23N3O3/c1-12(8-14-6-4-5-7-16(14)21-3)20-9-15(10-20)22-11-17-19-18-13(2)23-17/h4-7,12,15H,8-11H2,1-3H3. The molecule has 23 heavy (non-hydrogen) atoms. The number of hydrogen-bond donors (Lipinski definition) is 0. The van der Waals surface area contributed by atoms with Gasteiger partial charge in [0.15, 0.2) is 0 Å². The number of nitrogens with zero attached hydrogens (tertiary/aromatic N) is 3. The van der Waals surface area contributed by atoms with E-state index in [1.807, 2.05) is 12.1 Å². The molecule has 1 fully saturated rings. The van der Waals surface area contributed by atoms with Crippen molar-refractivity contribution in [3.8, 4) is 5.75 Å². The van der Waals surface area contributed by atoms with Crippen LogP contribution in [0.15, 0.2) is 28.7 Å². The van der Waals surface area contributed by atoms with Crippen LogP contribution in [0.4, 0.5) is 0 Å². The van der Waals surface area contributed by atoms with Crippen LogP contribution in [0.3, 0.4) is 0 Å². The number of aryl methyl sites for hydroxylation is 1. The van der Waals surface area contributed by atoms with E-state index in [1.165, 1.54) is 5.56 Å². The molecule has 0 bridgehead atoms. The first-order chi connectivity index (χ1) is 11.2. The molecule has 1 aliphatic rings. The summed E-state index contributed by atoms with van der Waals surface area (Å²) in [6.07, 6.45) is 1.21. The van der Waals surface area contributed by atoms with Crippen LogP contribution in [0.5, 0.6) is 5.75 Å². The van der Waals surface area contributed by atoms with Crippen LogP contribution in [0.1, 0.15) is 24.3 Å². The Bertz CT molecular complexity index is 638. The van der Waals surface area contributed by atoms with Gasteiger partial charge >= 0.3 is 0 Å². The van der Waals surface area contributed by atoms with E-state index in [0.717, 1.165) is 25.3 Å². The lowest BCUT2D eigenvalue weighted by Crippen LogP contribution is -2.56. The summed E-state index contributed by atoms with van der Waals surface area (Å²) in [4.78, 5) is 2.41. The van der Waals surface area contributed by atoms with Crippen molar-refractivity contribution in [1.82, 2.24) is 15.1 Å². The minimum absolute atomic E-state index is 0.238. The van der Waals surface area contributed by atoms with Crippen LogP contribution in [-0.2, 0) is 17.8 Å². The lowest BCUT2D eigenvalue weighted by molar-refractivity contribution is -0.0813. The Hall–Kier alpha value is -1.92. The first-order valence-electron chi connectivity index (χ1n) is 7.92. The fourth-order valence-corrected chi connectivity index (χ4v) is 2.84. The third kappa shape index (κ3) is 3.89. The van der Waals surface area contributed by atoms with E-state index in [0.29, 0.717) is 24.4 Å². The van der Waals surface area contributed by atoms with Gasteiger partial charge in [-0.1, -0.05) is 18.2 Å². The predicted octanol–water partition coefficient (Wildman–Crippen LogP) is 2.22. The van der Waals surface area contributed by atoms with E-state index in [1.54, 1.807) is 14.0 Å². The van der Waals surface area contributed by atoms with Crippen LogP contribution < -0.4 is 4.74 Å². The summed E-state index contributed by atoms with van der Waals surface area (Å²) in [7, 11) is 1.72. The summed E-state index contributed by atoms with van der Waals surface area (Å²) in [5.41, 5.74) is 1.24. The molecule has 0 saturated carbocycles. The molecule has 1 aromatic heterocycles. The highest BCUT2D eigenvalue weighted by atomic mass is 16.5. The zero-order valence-corrected chi connectivity index (χ0v) is 13.9. The quantitative estimate of drug-likeness (QED) is 0.780. The fourth-order valence-electron chi connectivity index (χ4n) is 2.84. The van der Waals surface area contributed by atoms with E-state index in [2.05, 4.69) is 34.2 Å². The van der Waals surface area contributed by atoms with Gasteiger partial charge in [0.25, 0.3) is 0 Å². The zero-order valence-electron chi connectivity index (χ0n) is 13.9. The summed E-state index contributed by atoms with van der Waals surface area (Å²) in [6.45, 7) is 6.28. The summed E-state index contributed by atoms with van der Waals surface area (Å²) >= 11 is 0. The smallest absolute Gasteiger partial charge is 0.242 e. The number of ether oxygens (including phenoxy) is 2. The number of likely N-dealkylation sites (tertiary alicyclic amines) is 1. The number of rotatable bonds is 7. The Labute approximate surface area is 136 Å². The second-order valence-corrected chi connectivity index (χ2v) is 5.97. The van der Waals surface area contributed by atoms with E-state index in [4.69, 9.17) is 13.9 Å². The molecule has 1 atom stereocenters. The summed E-state index contributed by atoms with van der Waals surface area (Å²) < 4.78 is 16.5. The van der Waals surface area contributed by atoms with Crippen LogP contribution in [0.2, 0.25) is 0 Å². The van der Waals surface area contributed by atoms with Crippen molar-refractivity contribution in [2.45, 2.75) is 39.0 Å². The van der Waals surface area contributed by atoms with Crippen molar-refractivity contribution >= 4 is 0 Å². The van der Waals surface area contributed by atoms with Crippen LogP contribution in [0.25, 0.3) is 0 Å². The molecule has 1 aliphatic heterocycles. The average Bonchev–Trinajstić information content (AvgIpc) is 2.91. The molecule has 0 amide bonds. The topological polar surface area (TPSA) is 60.6 Å². The monoisotopic (exact) mass is 317 g/mol. The molecule has 2 heterocycles. The van der Waals surface area contributed by atoms with Crippen LogP contribution in [0, 0.1) is 6.92 Å². The van der Waals surface area contributed by atoms with Crippen molar-refractivity contribution < 1.29 is 13.9 Å². The molecule has 0 radical (unpaired) electrons. The molecule has 3 rings (SSSR count). The number of aromatic nitrogens is 2. The van der Waals surface area contributed by atoms with Gasteiger partial charge in [0, 0.05) is 26.1 Å². The summed E-state index contributed by atoms with van der Waals surface area (Å²) in [6, 6.07) is 8.65. The van der Waals surface area contributed by atoms with Gasteiger partial charge in [0.1, 0.15) is 12.4 Å². The molecule has 1 saturated heterocycles. The molecule has 2 aromatic rings. The Kier molecular flexibility index (Phi) is 4.93. The number of hydrogen-bond acceptors (Lipinski definition) is 6. The fraction of sp³-hybridized carbons (Fsp3) is 0.529. The maximum Gasteiger partial charge on any atom is 0.242 e. The molecule has 1 aromatic carbocycles. The maximum absolute atomic E-state index is 5.79. The Morgan fingerprint density at radius 3 is 2.78 bits per heavy atom. The van der Waals surface area contributed by atoms with Gasteiger partial charge in [-0.15, -0.1) is 10.2 Å². The van der Waals surface area contributed by atoms with Crippen molar-refractivity contribution in [3.63, 3.8) is 0 Å². The highest BCUT2D eigenvalue weighted by Gasteiger charge is 2.31. The summed E-state index contributed by atoms with van der Waals surface area (Å²) in [5, 5.41) is 7.73. The van der Waals surface area contributed by atoms with Crippen molar-refractivity contribution in [2.24, 2.45) is 0 Å². The predicted molar refractivity (Wildman–Crippen MR) is 85.3 cm³/mol. The van der Waals surface area contributed by atoms with Gasteiger partial charge in [-0.2, -0.15) is 0 Å². The Morgan fingerprint density at radius 2 is 2.09 bits per heavy atom. The highest BCUT2D eigenvalue weighted by Crippen LogP contribution is 2.23. The van der Waals surface area contributed by atoms with Gasteiger partial charge in [-0.3, -0.25) is 4.90 Å². The molecule has 0 spiro atoms. The molecule has 6 heteroatoms. The van der Waals surface area contributed by atoms with Crippen molar-refractivity contribution in [3.05, 3.63) is 41.6 Å². The van der Waals surface area contributed by atoms with Crippen molar-refractivity contribution in [2.75, 3.05) is 20.2 Å². The second-order valence-electron chi connectivity index (χ2n) is 5.97. The normalized spacial score (nSPS) is 17.0. The lowest BCUT2D eigenvalue weighted by Gasteiger charge is -2.42.